The second kappa shape index (κ2) is 9.30. The van der Waals surface area contributed by atoms with E-state index < -0.39 is 11.7 Å². The Morgan fingerprint density at radius 2 is 1.90 bits per heavy atom. The maximum Gasteiger partial charge on any atom is 0.0849 e. The minimum absolute atomic E-state index is 0.215. The molecule has 3 aliphatic rings. The van der Waals surface area contributed by atoms with Crippen molar-refractivity contribution in [2.24, 2.45) is 23.2 Å². The average molecular weight is 417 g/mol. The van der Waals surface area contributed by atoms with Crippen molar-refractivity contribution in [2.45, 2.75) is 110 Å². The molecular weight excluding hydrogens is 372 g/mol. The molecule has 6 atom stereocenters. The van der Waals surface area contributed by atoms with Crippen molar-refractivity contribution in [3.05, 3.63) is 35.5 Å². The first-order chi connectivity index (χ1) is 14.0. The van der Waals surface area contributed by atoms with Gasteiger partial charge in [-0.05, 0) is 107 Å². The van der Waals surface area contributed by atoms with Crippen LogP contribution in [0.1, 0.15) is 91.9 Å². The molecule has 0 aliphatic heterocycles. The first kappa shape index (κ1) is 23.8. The van der Waals surface area contributed by atoms with Crippen LogP contribution in [0, 0.1) is 23.2 Å². The molecule has 0 saturated heterocycles. The topological polar surface area (TPSA) is 60.7 Å². The maximum atomic E-state index is 10.3. The molecule has 0 aromatic heterocycles. The Morgan fingerprint density at radius 3 is 2.60 bits per heavy atom. The van der Waals surface area contributed by atoms with E-state index in [0.29, 0.717) is 29.6 Å². The summed E-state index contributed by atoms with van der Waals surface area (Å²) in [5, 5.41) is 30.3. The Balaban J connectivity index is 1.69. The Kier molecular flexibility index (Phi) is 7.37. The fourth-order valence-corrected chi connectivity index (χ4v) is 6.58. The molecule has 0 radical (unpaired) electrons. The van der Waals surface area contributed by atoms with E-state index in [1.807, 2.05) is 0 Å². The van der Waals surface area contributed by atoms with Crippen LogP contribution in [0.2, 0.25) is 0 Å². The first-order valence-electron chi connectivity index (χ1n) is 12.2. The lowest BCUT2D eigenvalue weighted by Gasteiger charge is -2.44. The Bertz CT molecular complexity index is 683. The van der Waals surface area contributed by atoms with Crippen LogP contribution in [0.25, 0.3) is 0 Å². The number of allylic oxidation sites excluding steroid dienone is 4. The van der Waals surface area contributed by atoms with E-state index in [2.05, 4.69) is 32.6 Å². The minimum Gasteiger partial charge on any atom is -0.393 e. The lowest BCUT2D eigenvalue weighted by Crippen LogP contribution is -2.38. The molecule has 3 nitrogen and oxygen atoms in total. The SMILES string of the molecule is C=C1CC[C@H](O)CC1=CC=C1CCC[C@@]2(C)[C@@H]([C@H](C)CC[C@@H](O)C(C)(C)O)CC[C@@H]12. The van der Waals surface area contributed by atoms with Gasteiger partial charge in [0, 0.05) is 0 Å². The largest absolute Gasteiger partial charge is 0.393 e. The molecule has 3 heteroatoms. The molecule has 0 amide bonds. The van der Waals surface area contributed by atoms with Crippen LogP contribution in [0.5, 0.6) is 0 Å². The molecule has 0 unspecified atom stereocenters. The molecule has 170 valence electrons. The van der Waals surface area contributed by atoms with Gasteiger partial charge in [-0.1, -0.05) is 43.7 Å². The molecule has 0 heterocycles. The summed E-state index contributed by atoms with van der Waals surface area (Å²) in [6, 6.07) is 0. The Hall–Kier alpha value is -0.900. The van der Waals surface area contributed by atoms with E-state index in [1.165, 1.54) is 43.3 Å². The van der Waals surface area contributed by atoms with Crippen molar-refractivity contribution in [3.63, 3.8) is 0 Å². The van der Waals surface area contributed by atoms with E-state index in [0.717, 1.165) is 25.7 Å². The normalized spacial score (nSPS) is 37.4. The predicted octanol–water partition coefficient (Wildman–Crippen LogP) is 5.70. The smallest absolute Gasteiger partial charge is 0.0849 e. The van der Waals surface area contributed by atoms with Gasteiger partial charge in [0.15, 0.2) is 0 Å². The van der Waals surface area contributed by atoms with Crippen LogP contribution < -0.4 is 0 Å². The summed E-state index contributed by atoms with van der Waals surface area (Å²) in [6.45, 7) is 12.5. The third kappa shape index (κ3) is 5.11. The highest BCUT2D eigenvalue weighted by Crippen LogP contribution is 2.60. The van der Waals surface area contributed by atoms with Gasteiger partial charge in [-0.2, -0.15) is 0 Å². The van der Waals surface area contributed by atoms with Crippen molar-refractivity contribution in [1.29, 1.82) is 0 Å². The van der Waals surface area contributed by atoms with E-state index >= 15 is 0 Å². The summed E-state index contributed by atoms with van der Waals surface area (Å²) < 4.78 is 0. The molecule has 3 aliphatic carbocycles. The molecule has 3 rings (SSSR count). The van der Waals surface area contributed by atoms with Gasteiger partial charge in [0.25, 0.3) is 0 Å². The quantitative estimate of drug-likeness (QED) is 0.520. The van der Waals surface area contributed by atoms with Gasteiger partial charge >= 0.3 is 0 Å². The molecular formula is C27H44O3. The number of aliphatic hydroxyl groups is 3. The number of hydrogen-bond acceptors (Lipinski definition) is 3. The van der Waals surface area contributed by atoms with Crippen LogP contribution in [-0.2, 0) is 0 Å². The van der Waals surface area contributed by atoms with Gasteiger partial charge in [-0.3, -0.25) is 0 Å². The van der Waals surface area contributed by atoms with E-state index in [1.54, 1.807) is 19.4 Å². The molecule has 0 aromatic rings. The van der Waals surface area contributed by atoms with Gasteiger partial charge in [-0.25, -0.2) is 0 Å². The fourth-order valence-electron chi connectivity index (χ4n) is 6.58. The first-order valence-corrected chi connectivity index (χ1v) is 12.2. The Morgan fingerprint density at radius 1 is 1.17 bits per heavy atom. The summed E-state index contributed by atoms with van der Waals surface area (Å²) in [6.07, 6.45) is 14.1. The molecule has 3 saturated carbocycles. The lowest BCUT2D eigenvalue weighted by atomic mass is 9.60. The molecule has 0 bridgehead atoms. The van der Waals surface area contributed by atoms with Crippen molar-refractivity contribution >= 4 is 0 Å². The van der Waals surface area contributed by atoms with Crippen molar-refractivity contribution in [3.8, 4) is 0 Å². The number of rotatable bonds is 6. The number of fused-ring (bicyclic) bond motifs is 1. The fraction of sp³-hybridized carbons (Fsp3) is 0.778. The Labute approximate surface area is 184 Å². The van der Waals surface area contributed by atoms with E-state index in [-0.39, 0.29) is 6.10 Å². The monoisotopic (exact) mass is 416 g/mol. The number of aliphatic hydroxyl groups excluding tert-OH is 2. The van der Waals surface area contributed by atoms with Crippen LogP contribution in [0.3, 0.4) is 0 Å². The molecule has 3 fully saturated rings. The zero-order chi connectivity index (χ0) is 22.1. The van der Waals surface area contributed by atoms with Crippen molar-refractivity contribution in [2.75, 3.05) is 0 Å². The highest BCUT2D eigenvalue weighted by Gasteiger charge is 2.50. The van der Waals surface area contributed by atoms with Crippen molar-refractivity contribution < 1.29 is 15.3 Å². The standard InChI is InChI=1S/C27H44O3/c1-18-8-12-22(28)17-21(18)11-10-20-7-6-16-27(5)23(13-14-24(20)27)19(2)9-15-25(29)26(3,4)30/h10-11,19,22-25,28-30H,1,6-9,12-17H2,2-5H3/t19-,22+,23-,24+,25-,27+/m1/s1. The predicted molar refractivity (Wildman–Crippen MR) is 124 cm³/mol. The van der Waals surface area contributed by atoms with Crippen molar-refractivity contribution in [1.82, 2.24) is 0 Å². The van der Waals surface area contributed by atoms with Gasteiger partial charge in [-0.15, -0.1) is 0 Å². The molecule has 0 spiro atoms. The van der Waals surface area contributed by atoms with Crippen LogP contribution >= 0.6 is 0 Å². The minimum atomic E-state index is -1.02. The third-order valence-electron chi connectivity index (χ3n) is 8.62. The lowest BCUT2D eigenvalue weighted by molar-refractivity contribution is -0.0554. The number of hydrogen-bond donors (Lipinski definition) is 3. The summed E-state index contributed by atoms with van der Waals surface area (Å²) in [7, 11) is 0. The maximum absolute atomic E-state index is 10.3. The molecule has 30 heavy (non-hydrogen) atoms. The average Bonchev–Trinajstić information content (AvgIpc) is 3.03. The highest BCUT2D eigenvalue weighted by molar-refractivity contribution is 5.36. The van der Waals surface area contributed by atoms with Crippen LogP contribution in [0.15, 0.2) is 35.5 Å². The summed E-state index contributed by atoms with van der Waals surface area (Å²) >= 11 is 0. The van der Waals surface area contributed by atoms with Gasteiger partial charge in [0.1, 0.15) is 0 Å². The van der Waals surface area contributed by atoms with Gasteiger partial charge < -0.3 is 15.3 Å². The molecule has 0 aromatic carbocycles. The highest BCUT2D eigenvalue weighted by atomic mass is 16.3. The van der Waals surface area contributed by atoms with E-state index in [4.69, 9.17) is 0 Å². The summed E-state index contributed by atoms with van der Waals surface area (Å²) in [5.41, 5.74) is 3.34. The summed E-state index contributed by atoms with van der Waals surface area (Å²) in [5.74, 6) is 1.89. The second-order valence-corrected chi connectivity index (χ2v) is 11.3. The zero-order valence-electron chi connectivity index (χ0n) is 19.7. The second-order valence-electron chi connectivity index (χ2n) is 11.3. The zero-order valence-corrected chi connectivity index (χ0v) is 19.7. The third-order valence-corrected chi connectivity index (χ3v) is 8.62. The van der Waals surface area contributed by atoms with Crippen LogP contribution in [0.4, 0.5) is 0 Å². The van der Waals surface area contributed by atoms with Gasteiger partial charge in [0.05, 0.1) is 17.8 Å². The van der Waals surface area contributed by atoms with Crippen LogP contribution in [-0.4, -0.2) is 33.1 Å². The van der Waals surface area contributed by atoms with Gasteiger partial charge in [0.2, 0.25) is 0 Å². The van der Waals surface area contributed by atoms with E-state index in [9.17, 15) is 15.3 Å². The summed E-state index contributed by atoms with van der Waals surface area (Å²) in [4.78, 5) is 0. The molecule has 3 N–H and O–H groups in total.